The molecule has 1 aliphatic carbocycles. The normalized spacial score (nSPS) is 21.0. The summed E-state index contributed by atoms with van der Waals surface area (Å²) in [5.41, 5.74) is 2.35. The number of rotatable bonds is 4. The van der Waals surface area contributed by atoms with Crippen LogP contribution in [0.15, 0.2) is 18.2 Å². The van der Waals surface area contributed by atoms with Gasteiger partial charge in [0.05, 0.1) is 13.2 Å². The maximum Gasteiger partial charge on any atom is 0.240 e. The summed E-state index contributed by atoms with van der Waals surface area (Å²) in [5.74, 6) is 1.78. The molecule has 1 aromatic carbocycles. The van der Waals surface area contributed by atoms with Crippen LogP contribution in [0.2, 0.25) is 0 Å². The van der Waals surface area contributed by atoms with Crippen molar-refractivity contribution in [2.75, 3.05) is 13.7 Å². The number of fused-ring (bicyclic) bond motifs is 1. The van der Waals surface area contributed by atoms with E-state index in [1.807, 2.05) is 6.07 Å². The molecule has 1 saturated carbocycles. The van der Waals surface area contributed by atoms with Gasteiger partial charge in [-0.1, -0.05) is 18.9 Å². The Labute approximate surface area is 151 Å². The van der Waals surface area contributed by atoms with Crippen molar-refractivity contribution in [2.24, 2.45) is 5.92 Å². The Balaban J connectivity index is 1.75. The Morgan fingerprint density at radius 2 is 1.96 bits per heavy atom. The molecule has 4 heteroatoms. The molecule has 0 saturated heterocycles. The van der Waals surface area contributed by atoms with Crippen LogP contribution < -0.4 is 10.1 Å². The number of amides is 1. The second kappa shape index (κ2) is 7.36. The van der Waals surface area contributed by atoms with Crippen LogP contribution in [0.1, 0.15) is 57.6 Å². The molecule has 0 aromatic heterocycles. The topological polar surface area (TPSA) is 41.6 Å². The first-order valence-electron chi connectivity index (χ1n) is 9.59. The van der Waals surface area contributed by atoms with E-state index in [4.69, 9.17) is 4.74 Å². The summed E-state index contributed by atoms with van der Waals surface area (Å²) in [7, 11) is 1.69. The van der Waals surface area contributed by atoms with E-state index in [0.29, 0.717) is 5.92 Å². The molecule has 1 N–H and O–H groups in total. The van der Waals surface area contributed by atoms with Crippen LogP contribution in [0.25, 0.3) is 0 Å². The van der Waals surface area contributed by atoms with Gasteiger partial charge in [-0.05, 0) is 69.2 Å². The molecule has 0 bridgehead atoms. The van der Waals surface area contributed by atoms with Gasteiger partial charge in [0.15, 0.2) is 0 Å². The fourth-order valence-corrected chi connectivity index (χ4v) is 4.13. The third kappa shape index (κ3) is 4.17. The highest BCUT2D eigenvalue weighted by molar-refractivity contribution is 5.83. The number of hydrogen-bond donors (Lipinski definition) is 1. The molecule has 0 spiro atoms. The molecule has 1 aliphatic heterocycles. The summed E-state index contributed by atoms with van der Waals surface area (Å²) in [6.07, 6.45) is 5.88. The molecule has 1 aromatic rings. The van der Waals surface area contributed by atoms with Crippen LogP contribution in [0.3, 0.4) is 0 Å². The fourth-order valence-electron chi connectivity index (χ4n) is 4.13. The molecule has 25 heavy (non-hydrogen) atoms. The zero-order valence-electron chi connectivity index (χ0n) is 16.1. The van der Waals surface area contributed by atoms with Gasteiger partial charge in [-0.25, -0.2) is 0 Å². The number of benzene rings is 1. The molecule has 1 heterocycles. The lowest BCUT2D eigenvalue weighted by molar-refractivity contribution is -0.139. The van der Waals surface area contributed by atoms with Gasteiger partial charge in [-0.15, -0.1) is 0 Å². The number of nitrogens with zero attached hydrogens (tertiary/aromatic N) is 1. The van der Waals surface area contributed by atoms with Crippen LogP contribution in [0, 0.1) is 5.92 Å². The van der Waals surface area contributed by atoms with Crippen LogP contribution in [-0.2, 0) is 17.8 Å². The van der Waals surface area contributed by atoms with Crippen molar-refractivity contribution in [3.63, 3.8) is 0 Å². The molecule has 1 unspecified atom stereocenters. The van der Waals surface area contributed by atoms with Crippen molar-refractivity contribution >= 4 is 5.91 Å². The maximum atomic E-state index is 13.3. The van der Waals surface area contributed by atoms with E-state index in [9.17, 15) is 4.79 Å². The highest BCUT2D eigenvalue weighted by Crippen LogP contribution is 2.29. The van der Waals surface area contributed by atoms with Gasteiger partial charge in [0, 0.05) is 18.6 Å². The van der Waals surface area contributed by atoms with E-state index >= 15 is 0 Å². The first-order valence-corrected chi connectivity index (χ1v) is 9.59. The van der Waals surface area contributed by atoms with Crippen LogP contribution in [0.4, 0.5) is 0 Å². The van der Waals surface area contributed by atoms with Crippen LogP contribution in [-0.4, -0.2) is 36.0 Å². The van der Waals surface area contributed by atoms with Crippen molar-refractivity contribution in [1.82, 2.24) is 10.2 Å². The van der Waals surface area contributed by atoms with E-state index < -0.39 is 0 Å². The van der Waals surface area contributed by atoms with Crippen molar-refractivity contribution in [3.05, 3.63) is 29.3 Å². The fraction of sp³-hybridized carbons (Fsp3) is 0.667. The largest absolute Gasteiger partial charge is 0.497 e. The Morgan fingerprint density at radius 1 is 1.24 bits per heavy atom. The van der Waals surface area contributed by atoms with E-state index in [-0.39, 0.29) is 17.5 Å². The Kier molecular flexibility index (Phi) is 5.38. The van der Waals surface area contributed by atoms with Gasteiger partial charge in [0.1, 0.15) is 5.75 Å². The molecule has 3 rings (SSSR count). The molecule has 138 valence electrons. The summed E-state index contributed by atoms with van der Waals surface area (Å²) >= 11 is 0. The SMILES string of the molecule is COc1ccc2c(c1)CC(C(=O)N(CC1CCCC1)C(C)(C)C)NC2. The molecule has 1 fully saturated rings. The molecule has 2 aliphatic rings. The van der Waals surface area contributed by atoms with Crippen LogP contribution >= 0.6 is 0 Å². The van der Waals surface area contributed by atoms with E-state index in [1.165, 1.54) is 36.8 Å². The summed E-state index contributed by atoms with van der Waals surface area (Å²) < 4.78 is 5.35. The Morgan fingerprint density at radius 3 is 2.60 bits per heavy atom. The summed E-state index contributed by atoms with van der Waals surface area (Å²) in [4.78, 5) is 15.4. The number of ether oxygens (including phenoxy) is 1. The Hall–Kier alpha value is -1.55. The molecule has 1 atom stereocenters. The van der Waals surface area contributed by atoms with Gasteiger partial charge in [0.2, 0.25) is 5.91 Å². The molecule has 1 amide bonds. The molecular weight excluding hydrogens is 312 g/mol. The lowest BCUT2D eigenvalue weighted by Crippen LogP contribution is -2.56. The van der Waals surface area contributed by atoms with Crippen molar-refractivity contribution in [3.8, 4) is 5.75 Å². The van der Waals surface area contributed by atoms with Gasteiger partial charge >= 0.3 is 0 Å². The van der Waals surface area contributed by atoms with E-state index in [2.05, 4.69) is 43.1 Å². The number of hydrogen-bond acceptors (Lipinski definition) is 3. The molecule has 4 nitrogen and oxygen atoms in total. The minimum Gasteiger partial charge on any atom is -0.497 e. The zero-order valence-corrected chi connectivity index (χ0v) is 16.1. The first kappa shape index (κ1) is 18.2. The maximum absolute atomic E-state index is 13.3. The van der Waals surface area contributed by atoms with Gasteiger partial charge in [-0.3, -0.25) is 4.79 Å². The van der Waals surface area contributed by atoms with Gasteiger partial charge in [0.25, 0.3) is 0 Å². The smallest absolute Gasteiger partial charge is 0.240 e. The quantitative estimate of drug-likeness (QED) is 0.908. The van der Waals surface area contributed by atoms with Crippen molar-refractivity contribution < 1.29 is 9.53 Å². The van der Waals surface area contributed by atoms with Crippen molar-refractivity contribution in [1.29, 1.82) is 0 Å². The third-order valence-electron chi connectivity index (χ3n) is 5.67. The predicted octanol–water partition coefficient (Wildman–Crippen LogP) is 3.53. The highest BCUT2D eigenvalue weighted by atomic mass is 16.5. The first-order chi connectivity index (χ1) is 11.9. The number of carbonyl (C=O) groups is 1. The summed E-state index contributed by atoms with van der Waals surface area (Å²) in [6, 6.07) is 6.03. The van der Waals surface area contributed by atoms with Crippen molar-refractivity contribution in [2.45, 2.75) is 71.0 Å². The monoisotopic (exact) mass is 344 g/mol. The average molecular weight is 344 g/mol. The number of methoxy groups -OCH3 is 1. The van der Waals surface area contributed by atoms with Crippen LogP contribution in [0.5, 0.6) is 5.75 Å². The second-order valence-corrected chi connectivity index (χ2v) is 8.54. The lowest BCUT2D eigenvalue weighted by Gasteiger charge is -2.41. The number of carbonyl (C=O) groups excluding carboxylic acids is 1. The minimum atomic E-state index is -0.143. The third-order valence-corrected chi connectivity index (χ3v) is 5.67. The van der Waals surface area contributed by atoms with E-state index in [1.54, 1.807) is 7.11 Å². The van der Waals surface area contributed by atoms with Gasteiger partial charge in [-0.2, -0.15) is 0 Å². The molecule has 0 radical (unpaired) electrons. The Bertz CT molecular complexity index is 615. The lowest BCUT2D eigenvalue weighted by atomic mass is 9.92. The second-order valence-electron chi connectivity index (χ2n) is 8.54. The summed E-state index contributed by atoms with van der Waals surface area (Å²) in [6.45, 7) is 8.10. The highest BCUT2D eigenvalue weighted by Gasteiger charge is 2.35. The molecular formula is C21H32N2O2. The summed E-state index contributed by atoms with van der Waals surface area (Å²) in [5, 5.41) is 3.46. The standard InChI is InChI=1S/C21H32N2O2/c1-21(2,3)23(14-15-7-5-6-8-15)20(24)19-12-17-11-18(25-4)10-9-16(17)13-22-19/h9-11,15,19,22H,5-8,12-14H2,1-4H3. The number of nitrogens with one attached hydrogen (secondary N) is 1. The van der Waals surface area contributed by atoms with E-state index in [0.717, 1.165) is 25.3 Å². The average Bonchev–Trinajstić information content (AvgIpc) is 3.10. The van der Waals surface area contributed by atoms with Gasteiger partial charge < -0.3 is 15.0 Å². The predicted molar refractivity (Wildman–Crippen MR) is 101 cm³/mol. The zero-order chi connectivity index (χ0) is 18.0. The minimum absolute atomic E-state index is 0.139.